The highest BCUT2D eigenvalue weighted by atomic mass is 16.3. The molecule has 0 radical (unpaired) electrons. The summed E-state index contributed by atoms with van der Waals surface area (Å²) in [5.74, 6) is 0. The number of hydrogen-bond donors (Lipinski definition) is 2. The Morgan fingerprint density at radius 3 is 2.67 bits per heavy atom. The quantitative estimate of drug-likeness (QED) is 0.850. The third-order valence-corrected chi connectivity index (χ3v) is 3.47. The van der Waals surface area contributed by atoms with Gasteiger partial charge in [-0.25, -0.2) is 0 Å². The third-order valence-electron chi connectivity index (χ3n) is 3.47. The maximum absolute atomic E-state index is 10.3. The zero-order valence-corrected chi connectivity index (χ0v) is 10.8. The predicted molar refractivity (Wildman–Crippen MR) is 73.6 cm³/mol. The zero-order chi connectivity index (χ0) is 13.0. The molecule has 0 saturated heterocycles. The smallest absolute Gasteiger partial charge is 0.0950 e. The molecule has 2 N–H and O–H groups in total. The second kappa shape index (κ2) is 5.31. The van der Waals surface area contributed by atoms with Gasteiger partial charge in [0, 0.05) is 11.9 Å². The molecule has 4 heteroatoms. The van der Waals surface area contributed by atoms with Crippen molar-refractivity contribution in [3.05, 3.63) is 30.5 Å². The van der Waals surface area contributed by atoms with Crippen LogP contribution in [-0.4, -0.2) is 27.4 Å². The van der Waals surface area contributed by atoms with Crippen LogP contribution in [0.5, 0.6) is 0 Å². The van der Waals surface area contributed by atoms with E-state index in [0.717, 1.165) is 29.4 Å². The van der Waals surface area contributed by atoms with Crippen LogP contribution in [0, 0.1) is 0 Å². The summed E-state index contributed by atoms with van der Waals surface area (Å²) in [5, 5.41) is 22.6. The molecule has 0 aliphatic rings. The van der Waals surface area contributed by atoms with E-state index in [1.165, 1.54) is 0 Å². The topological polar surface area (TPSA) is 58.0 Å². The summed E-state index contributed by atoms with van der Waals surface area (Å²) in [5.41, 5.74) is 1.12. The van der Waals surface area contributed by atoms with Crippen LogP contribution in [0.4, 0.5) is 5.69 Å². The fraction of sp³-hybridized carbons (Fsp3) is 0.429. The minimum absolute atomic E-state index is 0.523. The van der Waals surface area contributed by atoms with Crippen molar-refractivity contribution in [3.63, 3.8) is 0 Å². The number of aliphatic hydroxyl groups is 1. The van der Waals surface area contributed by atoms with E-state index >= 15 is 0 Å². The van der Waals surface area contributed by atoms with Gasteiger partial charge in [-0.3, -0.25) is 0 Å². The molecule has 0 atom stereocenters. The van der Waals surface area contributed by atoms with Crippen molar-refractivity contribution in [1.82, 2.24) is 10.2 Å². The molecule has 96 valence electrons. The fourth-order valence-electron chi connectivity index (χ4n) is 1.91. The van der Waals surface area contributed by atoms with Crippen LogP contribution in [-0.2, 0) is 0 Å². The molecule has 0 unspecified atom stereocenters. The largest absolute Gasteiger partial charge is 0.388 e. The van der Waals surface area contributed by atoms with E-state index in [9.17, 15) is 5.11 Å². The molecule has 0 fully saturated rings. The minimum Gasteiger partial charge on any atom is -0.388 e. The van der Waals surface area contributed by atoms with Crippen LogP contribution in [0.15, 0.2) is 30.5 Å². The summed E-state index contributed by atoms with van der Waals surface area (Å²) in [7, 11) is 0. The van der Waals surface area contributed by atoms with E-state index < -0.39 is 5.60 Å². The van der Waals surface area contributed by atoms with Gasteiger partial charge in [0.15, 0.2) is 0 Å². The highest BCUT2D eigenvalue weighted by Gasteiger charge is 2.21. The van der Waals surface area contributed by atoms with E-state index in [1.807, 2.05) is 38.1 Å². The maximum Gasteiger partial charge on any atom is 0.0950 e. The Kier molecular flexibility index (Phi) is 3.77. The second-order valence-electron chi connectivity index (χ2n) is 4.56. The molecule has 2 rings (SSSR count). The fourth-order valence-corrected chi connectivity index (χ4v) is 1.91. The van der Waals surface area contributed by atoms with Gasteiger partial charge in [0.25, 0.3) is 0 Å². The molecule has 18 heavy (non-hydrogen) atoms. The van der Waals surface area contributed by atoms with E-state index in [1.54, 1.807) is 6.20 Å². The summed E-state index contributed by atoms with van der Waals surface area (Å²) in [4.78, 5) is 0. The molecule has 1 aromatic carbocycles. The van der Waals surface area contributed by atoms with Crippen molar-refractivity contribution >= 4 is 16.6 Å². The Balaban J connectivity index is 2.22. The number of hydrogen-bond acceptors (Lipinski definition) is 4. The highest BCUT2D eigenvalue weighted by Crippen LogP contribution is 2.22. The Morgan fingerprint density at radius 1 is 1.22 bits per heavy atom. The first-order valence-corrected chi connectivity index (χ1v) is 6.35. The van der Waals surface area contributed by atoms with Gasteiger partial charge in [-0.2, -0.15) is 10.2 Å². The van der Waals surface area contributed by atoms with Crippen molar-refractivity contribution < 1.29 is 5.11 Å². The van der Waals surface area contributed by atoms with Gasteiger partial charge in [0.05, 0.1) is 23.0 Å². The van der Waals surface area contributed by atoms with Gasteiger partial charge in [-0.15, -0.1) is 0 Å². The van der Waals surface area contributed by atoms with Crippen LogP contribution >= 0.6 is 0 Å². The second-order valence-corrected chi connectivity index (χ2v) is 4.56. The van der Waals surface area contributed by atoms with Gasteiger partial charge in [0.2, 0.25) is 0 Å². The lowest BCUT2D eigenvalue weighted by Gasteiger charge is -2.26. The Bertz CT molecular complexity index is 518. The van der Waals surface area contributed by atoms with E-state index in [4.69, 9.17) is 0 Å². The molecule has 0 amide bonds. The van der Waals surface area contributed by atoms with Crippen molar-refractivity contribution in [2.45, 2.75) is 32.3 Å². The van der Waals surface area contributed by atoms with Crippen molar-refractivity contribution in [2.24, 2.45) is 0 Å². The van der Waals surface area contributed by atoms with E-state index in [2.05, 4.69) is 15.5 Å². The van der Waals surface area contributed by atoms with E-state index in [-0.39, 0.29) is 0 Å². The van der Waals surface area contributed by atoms with Gasteiger partial charge in [-0.1, -0.05) is 32.0 Å². The maximum atomic E-state index is 10.3. The van der Waals surface area contributed by atoms with Crippen LogP contribution in [0.25, 0.3) is 10.9 Å². The standard InChI is InChI=1S/C14H19N3O/c1-3-14(18,4-2)10-15-13-9-16-17-12-8-6-5-7-11(12)13/h5-9,18H,3-4,10H2,1-2H3,(H,15,17). The molecule has 0 spiro atoms. The average Bonchev–Trinajstić information content (AvgIpc) is 2.44. The number of aromatic nitrogens is 2. The monoisotopic (exact) mass is 245 g/mol. The van der Waals surface area contributed by atoms with E-state index in [0.29, 0.717) is 6.54 Å². The molecule has 0 aliphatic heterocycles. The summed E-state index contributed by atoms with van der Waals surface area (Å²) < 4.78 is 0. The first-order chi connectivity index (χ1) is 8.68. The Hall–Kier alpha value is -1.68. The Labute approximate surface area is 107 Å². The SMILES string of the molecule is CCC(O)(CC)CNc1cnnc2ccccc12. The lowest BCUT2D eigenvalue weighted by molar-refractivity contribution is 0.0457. The van der Waals surface area contributed by atoms with Crippen LogP contribution in [0.1, 0.15) is 26.7 Å². The number of anilines is 1. The van der Waals surface area contributed by atoms with Crippen LogP contribution in [0.2, 0.25) is 0 Å². The zero-order valence-electron chi connectivity index (χ0n) is 10.8. The van der Waals surface area contributed by atoms with Gasteiger partial charge in [-0.05, 0) is 18.9 Å². The predicted octanol–water partition coefficient (Wildman–Crippen LogP) is 2.59. The summed E-state index contributed by atoms with van der Waals surface area (Å²) in [6, 6.07) is 7.85. The molecule has 1 aromatic heterocycles. The number of rotatable bonds is 5. The molecular formula is C14H19N3O. The van der Waals surface area contributed by atoms with Crippen LogP contribution in [0.3, 0.4) is 0 Å². The van der Waals surface area contributed by atoms with Gasteiger partial charge < -0.3 is 10.4 Å². The number of nitrogens with zero attached hydrogens (tertiary/aromatic N) is 2. The average molecular weight is 245 g/mol. The lowest BCUT2D eigenvalue weighted by Crippen LogP contribution is -2.35. The van der Waals surface area contributed by atoms with Crippen molar-refractivity contribution in [3.8, 4) is 0 Å². The molecule has 0 aliphatic carbocycles. The molecule has 4 nitrogen and oxygen atoms in total. The van der Waals surface area contributed by atoms with Crippen molar-refractivity contribution in [2.75, 3.05) is 11.9 Å². The molecule has 0 bridgehead atoms. The number of benzene rings is 1. The summed E-state index contributed by atoms with van der Waals surface area (Å²) in [6.45, 7) is 4.51. The van der Waals surface area contributed by atoms with Gasteiger partial charge in [0.1, 0.15) is 0 Å². The molecule has 2 aromatic rings. The molecule has 1 heterocycles. The Morgan fingerprint density at radius 2 is 1.94 bits per heavy atom. The van der Waals surface area contributed by atoms with Crippen LogP contribution < -0.4 is 5.32 Å². The third kappa shape index (κ3) is 2.59. The summed E-state index contributed by atoms with van der Waals surface area (Å²) in [6.07, 6.45) is 3.16. The summed E-state index contributed by atoms with van der Waals surface area (Å²) >= 11 is 0. The number of fused-ring (bicyclic) bond motifs is 1. The number of nitrogens with one attached hydrogen (secondary N) is 1. The lowest BCUT2D eigenvalue weighted by atomic mass is 9.97. The first-order valence-electron chi connectivity index (χ1n) is 6.35. The first kappa shape index (κ1) is 12.8. The highest BCUT2D eigenvalue weighted by molar-refractivity contribution is 5.90. The normalized spacial score (nSPS) is 11.7. The van der Waals surface area contributed by atoms with Crippen molar-refractivity contribution in [1.29, 1.82) is 0 Å². The molecular weight excluding hydrogens is 226 g/mol. The molecule has 0 saturated carbocycles. The van der Waals surface area contributed by atoms with Gasteiger partial charge >= 0.3 is 0 Å². The minimum atomic E-state index is -0.662.